The van der Waals surface area contributed by atoms with Gasteiger partial charge in [0.1, 0.15) is 11.2 Å². The lowest BCUT2D eigenvalue weighted by atomic mass is 9.93. The molecule has 0 N–H and O–H groups in total. The van der Waals surface area contributed by atoms with E-state index in [0.717, 1.165) is 72.5 Å². The summed E-state index contributed by atoms with van der Waals surface area (Å²) < 4.78 is 8.95. The largest absolute Gasteiger partial charge is 0.455 e. The maximum absolute atomic E-state index is 6.52. The Morgan fingerprint density at radius 3 is 1.49 bits per heavy atom. The zero-order chi connectivity index (χ0) is 45.4. The van der Waals surface area contributed by atoms with Gasteiger partial charge in [-0.15, -0.1) is 0 Å². The van der Waals surface area contributed by atoms with Gasteiger partial charge in [0.05, 0.1) is 22.4 Å². The number of benzene rings is 12. The minimum absolute atomic E-state index is 0.898. The quantitative estimate of drug-likeness (QED) is 0.149. The monoisotopic (exact) mass is 878 g/mol. The summed E-state index contributed by atoms with van der Waals surface area (Å²) in [6.07, 6.45) is 0. The van der Waals surface area contributed by atoms with E-state index < -0.39 is 0 Å². The molecule has 0 radical (unpaired) electrons. The van der Waals surface area contributed by atoms with Crippen molar-refractivity contribution in [3.63, 3.8) is 0 Å². The minimum Gasteiger partial charge on any atom is -0.455 e. The summed E-state index contributed by atoms with van der Waals surface area (Å²) in [6, 6.07) is 92.6. The molecule has 3 heteroatoms. The number of nitrogens with zero attached hydrogens (tertiary/aromatic N) is 2. The normalized spacial score (nSPS) is 11.8. The summed E-state index contributed by atoms with van der Waals surface area (Å²) in [4.78, 5) is 2.43. The van der Waals surface area contributed by atoms with E-state index in [4.69, 9.17) is 4.42 Å². The van der Waals surface area contributed by atoms with Gasteiger partial charge in [-0.2, -0.15) is 0 Å². The molecule has 322 valence electrons. The highest BCUT2D eigenvalue weighted by Gasteiger charge is 2.21. The number of hydrogen-bond acceptors (Lipinski definition) is 2. The van der Waals surface area contributed by atoms with Crippen LogP contribution < -0.4 is 4.90 Å². The molecule has 12 aromatic carbocycles. The lowest BCUT2D eigenvalue weighted by Gasteiger charge is -2.29. The van der Waals surface area contributed by atoms with Crippen molar-refractivity contribution in [2.75, 3.05) is 4.90 Å². The van der Waals surface area contributed by atoms with Gasteiger partial charge in [-0.3, -0.25) is 0 Å². The average molecular weight is 879 g/mol. The predicted octanol–water partition coefficient (Wildman–Crippen LogP) is 18.6. The minimum atomic E-state index is 0.898. The molecule has 2 aromatic heterocycles. The Hall–Kier alpha value is -9.18. The number of aromatic nitrogens is 1. The molecule has 0 atom stereocenters. The Bertz CT molecular complexity index is 4240. The first-order valence-electron chi connectivity index (χ1n) is 23.7. The smallest absolute Gasteiger partial charge is 0.143 e. The molecule has 0 unspecified atom stereocenters. The second kappa shape index (κ2) is 15.7. The van der Waals surface area contributed by atoms with Gasteiger partial charge in [0.15, 0.2) is 0 Å². The molecule has 0 bridgehead atoms. The first-order valence-corrected chi connectivity index (χ1v) is 23.7. The third-order valence-electron chi connectivity index (χ3n) is 14.2. The lowest BCUT2D eigenvalue weighted by molar-refractivity contribution is 0.670. The van der Waals surface area contributed by atoms with E-state index in [9.17, 15) is 0 Å². The first-order chi connectivity index (χ1) is 34.2. The van der Waals surface area contributed by atoms with E-state index >= 15 is 0 Å². The number of furan rings is 1. The van der Waals surface area contributed by atoms with Crippen molar-refractivity contribution < 1.29 is 4.42 Å². The van der Waals surface area contributed by atoms with Crippen molar-refractivity contribution in [1.29, 1.82) is 0 Å². The van der Waals surface area contributed by atoms with Crippen LogP contribution in [0.2, 0.25) is 0 Å². The molecule has 0 spiro atoms. The highest BCUT2D eigenvalue weighted by Crippen LogP contribution is 2.46. The third kappa shape index (κ3) is 6.21. The zero-order valence-corrected chi connectivity index (χ0v) is 37.6. The summed E-state index contributed by atoms with van der Waals surface area (Å²) >= 11 is 0. The van der Waals surface area contributed by atoms with Gasteiger partial charge in [-0.05, 0) is 110 Å². The molecule has 0 saturated heterocycles. The zero-order valence-electron chi connectivity index (χ0n) is 37.6. The summed E-state index contributed by atoms with van der Waals surface area (Å²) in [7, 11) is 0. The third-order valence-corrected chi connectivity index (χ3v) is 14.2. The summed E-state index contributed by atoms with van der Waals surface area (Å²) in [5.74, 6) is 0. The van der Waals surface area contributed by atoms with Crippen molar-refractivity contribution >= 4 is 93.1 Å². The van der Waals surface area contributed by atoms with Crippen LogP contribution in [0.4, 0.5) is 17.1 Å². The summed E-state index contributed by atoms with van der Waals surface area (Å²) in [5.41, 5.74) is 15.3. The molecule has 0 aliphatic carbocycles. The maximum atomic E-state index is 6.52. The molecule has 0 aliphatic heterocycles. The SMILES string of the molecule is c1cc(-c2ccccc2N(c2ccc(-c3cccc4c3oc3ccccc34)cc2)c2ccc3c4ccccc4c4ccccc4c3c2)cc(-c2ccccc2-n2c3ccccc3c3ccccc32)c1. The molecular formula is C66H42N2O. The fraction of sp³-hybridized carbons (Fsp3) is 0. The Morgan fingerprint density at radius 2 is 0.783 bits per heavy atom. The van der Waals surface area contributed by atoms with Crippen LogP contribution in [0.3, 0.4) is 0 Å². The Kier molecular flexibility index (Phi) is 8.90. The van der Waals surface area contributed by atoms with Gasteiger partial charge < -0.3 is 13.9 Å². The second-order valence-corrected chi connectivity index (χ2v) is 18.0. The van der Waals surface area contributed by atoms with Crippen LogP contribution in [-0.2, 0) is 0 Å². The molecule has 0 fully saturated rings. The van der Waals surface area contributed by atoms with E-state index in [-0.39, 0.29) is 0 Å². The average Bonchev–Trinajstić information content (AvgIpc) is 3.98. The predicted molar refractivity (Wildman–Crippen MR) is 292 cm³/mol. The Labute approximate surface area is 399 Å². The lowest BCUT2D eigenvalue weighted by Crippen LogP contribution is -2.11. The van der Waals surface area contributed by atoms with E-state index in [1.807, 2.05) is 12.1 Å². The summed E-state index contributed by atoms with van der Waals surface area (Å²) in [6.45, 7) is 0. The highest BCUT2D eigenvalue weighted by molar-refractivity contribution is 6.26. The van der Waals surface area contributed by atoms with Crippen LogP contribution in [0.5, 0.6) is 0 Å². The molecule has 0 saturated carbocycles. The first kappa shape index (κ1) is 39.0. The van der Waals surface area contributed by atoms with Crippen LogP contribution in [0.15, 0.2) is 259 Å². The molecule has 0 amide bonds. The molecule has 3 nitrogen and oxygen atoms in total. The van der Waals surface area contributed by atoms with Gasteiger partial charge in [0.2, 0.25) is 0 Å². The number of hydrogen-bond donors (Lipinski definition) is 0. The van der Waals surface area contributed by atoms with E-state index in [0.29, 0.717) is 0 Å². The highest BCUT2D eigenvalue weighted by atomic mass is 16.3. The van der Waals surface area contributed by atoms with Crippen molar-refractivity contribution in [2.24, 2.45) is 0 Å². The van der Waals surface area contributed by atoms with E-state index in [1.165, 1.54) is 59.7 Å². The topological polar surface area (TPSA) is 21.3 Å². The van der Waals surface area contributed by atoms with Gasteiger partial charge in [-0.1, -0.05) is 194 Å². The maximum Gasteiger partial charge on any atom is 0.143 e. The van der Waals surface area contributed by atoms with Gasteiger partial charge in [-0.25, -0.2) is 0 Å². The fourth-order valence-electron chi connectivity index (χ4n) is 11.1. The van der Waals surface area contributed by atoms with Crippen LogP contribution in [-0.4, -0.2) is 4.57 Å². The molecule has 14 aromatic rings. The number of anilines is 3. The van der Waals surface area contributed by atoms with Crippen LogP contribution in [0.1, 0.15) is 0 Å². The van der Waals surface area contributed by atoms with Crippen LogP contribution in [0, 0.1) is 0 Å². The Morgan fingerprint density at radius 1 is 0.290 bits per heavy atom. The van der Waals surface area contributed by atoms with E-state index in [2.05, 4.69) is 252 Å². The molecule has 2 heterocycles. The standard InChI is InChI=1S/C66H42N2O/c1-2-23-53-51(21-1)52-22-3-4-24-54(52)60-42-47(39-40-55(53)60)67(46-37-35-43(36-38-46)50-28-16-29-59-58-27-9-14-34-65(58)69-66(50)59)61-30-10-5-19-48(61)44-17-15-18-45(41-44)49-20-6-11-31-62(49)68-63-32-12-7-25-56(63)57-26-8-13-33-64(57)68/h1-42H. The van der Waals surface area contributed by atoms with Gasteiger partial charge in [0.25, 0.3) is 0 Å². The van der Waals surface area contributed by atoms with Crippen molar-refractivity contribution in [3.05, 3.63) is 255 Å². The van der Waals surface area contributed by atoms with Crippen molar-refractivity contribution in [2.45, 2.75) is 0 Å². The molecular weight excluding hydrogens is 837 g/mol. The van der Waals surface area contributed by atoms with Crippen LogP contribution in [0.25, 0.3) is 115 Å². The van der Waals surface area contributed by atoms with Crippen LogP contribution >= 0.6 is 0 Å². The van der Waals surface area contributed by atoms with E-state index in [1.54, 1.807) is 0 Å². The fourth-order valence-corrected chi connectivity index (χ4v) is 11.1. The molecule has 14 rings (SSSR count). The summed E-state index contributed by atoms with van der Waals surface area (Å²) in [5, 5.41) is 12.2. The second-order valence-electron chi connectivity index (χ2n) is 18.0. The number of para-hydroxylation sites is 6. The van der Waals surface area contributed by atoms with Gasteiger partial charge in [0, 0.05) is 49.6 Å². The molecule has 69 heavy (non-hydrogen) atoms. The van der Waals surface area contributed by atoms with Crippen molar-refractivity contribution in [1.82, 2.24) is 4.57 Å². The van der Waals surface area contributed by atoms with Gasteiger partial charge >= 0.3 is 0 Å². The Balaban J connectivity index is 0.951. The number of rotatable bonds is 7. The number of fused-ring (bicyclic) bond motifs is 12. The van der Waals surface area contributed by atoms with Crippen molar-refractivity contribution in [3.8, 4) is 39.1 Å². The molecule has 0 aliphatic rings.